The van der Waals surface area contributed by atoms with Crippen LogP contribution in [0.2, 0.25) is 5.04 Å². The van der Waals surface area contributed by atoms with Gasteiger partial charge in [0.15, 0.2) is 0 Å². The third kappa shape index (κ3) is 6.63. The number of carbonyl (C=O) groups excluding carboxylic acids is 1. The summed E-state index contributed by atoms with van der Waals surface area (Å²) in [5, 5.41) is 2.11. The van der Waals surface area contributed by atoms with E-state index in [9.17, 15) is 9.00 Å². The topological polar surface area (TPSA) is 64.6 Å². The molecule has 0 amide bonds. The largest absolute Gasteiger partial charge is 0.469 e. The molecule has 0 aromatic heterocycles. The molecule has 0 unspecified atom stereocenters. The Bertz CT molecular complexity index is 883. The Morgan fingerprint density at radius 1 is 0.939 bits per heavy atom. The van der Waals surface area contributed by atoms with Crippen molar-refractivity contribution in [3.05, 3.63) is 60.7 Å². The van der Waals surface area contributed by atoms with Crippen LogP contribution >= 0.6 is 0 Å². The molecule has 0 heterocycles. The molecule has 0 saturated heterocycles. The van der Waals surface area contributed by atoms with Crippen LogP contribution in [0.1, 0.15) is 54.9 Å². The van der Waals surface area contributed by atoms with Gasteiger partial charge in [0, 0.05) is 0 Å². The molecule has 0 aliphatic carbocycles. The Labute approximate surface area is 203 Å². The highest BCUT2D eigenvalue weighted by molar-refractivity contribution is 7.84. The maximum absolute atomic E-state index is 13.0. The van der Waals surface area contributed by atoms with Gasteiger partial charge in [-0.3, -0.25) is 4.79 Å². The van der Waals surface area contributed by atoms with E-state index in [0.717, 1.165) is 10.4 Å². The zero-order valence-corrected chi connectivity index (χ0v) is 23.0. The summed E-state index contributed by atoms with van der Waals surface area (Å²) in [6, 6.07) is 20.2. The number of carbonyl (C=O) groups is 1. The monoisotopic (exact) mass is 489 g/mol. The standard InChI is InChI=1S/C26H39NO4SSi/c1-20(23(19-24(28)30-8)27-32(29)25(2,3)4)31-33(26(5,6)7,21-15-11-9-12-16-21)22-17-13-10-14-18-22/h9-18,20,23,27H,19H2,1-8H3/t20-,23-,32-/m0/s1. The molecule has 0 bridgehead atoms. The van der Waals surface area contributed by atoms with E-state index in [1.54, 1.807) is 0 Å². The van der Waals surface area contributed by atoms with E-state index < -0.39 is 36.2 Å². The highest BCUT2D eigenvalue weighted by atomic mass is 32.2. The second-order valence-electron chi connectivity index (χ2n) is 10.4. The number of hydrogen-bond donors (Lipinski definition) is 1. The predicted octanol–water partition coefficient (Wildman–Crippen LogP) is 3.94. The van der Waals surface area contributed by atoms with Gasteiger partial charge in [-0.1, -0.05) is 81.4 Å². The third-order valence-corrected chi connectivity index (χ3v) is 12.5. The Morgan fingerprint density at radius 2 is 1.39 bits per heavy atom. The quantitative estimate of drug-likeness (QED) is 0.428. The number of esters is 1. The minimum atomic E-state index is -2.82. The van der Waals surface area contributed by atoms with Crippen molar-refractivity contribution in [1.29, 1.82) is 0 Å². The van der Waals surface area contributed by atoms with Crippen LogP contribution in [-0.4, -0.2) is 42.5 Å². The van der Waals surface area contributed by atoms with Gasteiger partial charge >= 0.3 is 5.97 Å². The van der Waals surface area contributed by atoms with Crippen molar-refractivity contribution in [2.24, 2.45) is 0 Å². The van der Waals surface area contributed by atoms with Crippen LogP contribution in [0.5, 0.6) is 0 Å². The van der Waals surface area contributed by atoms with E-state index in [2.05, 4.69) is 49.8 Å². The van der Waals surface area contributed by atoms with Crippen LogP contribution in [-0.2, 0) is 24.9 Å². The summed E-state index contributed by atoms with van der Waals surface area (Å²) in [6.45, 7) is 14.3. The minimum Gasteiger partial charge on any atom is -0.469 e. The molecule has 2 aromatic carbocycles. The molecule has 182 valence electrons. The summed E-state index contributed by atoms with van der Waals surface area (Å²) < 4.78 is 27.7. The van der Waals surface area contributed by atoms with Gasteiger partial charge in [0.05, 0.1) is 41.4 Å². The summed E-state index contributed by atoms with van der Waals surface area (Å²) in [7, 11) is -2.82. The number of ether oxygens (including phenoxy) is 1. The van der Waals surface area contributed by atoms with E-state index in [1.807, 2.05) is 64.1 Å². The molecular weight excluding hydrogens is 450 g/mol. The summed E-state index contributed by atoms with van der Waals surface area (Å²) in [6.07, 6.45) is -0.334. The van der Waals surface area contributed by atoms with E-state index in [1.165, 1.54) is 7.11 Å². The maximum Gasteiger partial charge on any atom is 0.307 e. The smallest absolute Gasteiger partial charge is 0.307 e. The average Bonchev–Trinajstić information content (AvgIpc) is 2.76. The third-order valence-electron chi connectivity index (χ3n) is 5.77. The van der Waals surface area contributed by atoms with Crippen molar-refractivity contribution in [3.8, 4) is 0 Å². The van der Waals surface area contributed by atoms with Gasteiger partial charge in [0.1, 0.15) is 0 Å². The fraction of sp³-hybridized carbons (Fsp3) is 0.500. The minimum absolute atomic E-state index is 0.0672. The zero-order chi connectivity index (χ0) is 24.9. The van der Waals surface area contributed by atoms with E-state index >= 15 is 0 Å². The van der Waals surface area contributed by atoms with Crippen molar-refractivity contribution in [3.63, 3.8) is 0 Å². The van der Waals surface area contributed by atoms with Crippen molar-refractivity contribution < 1.29 is 18.2 Å². The van der Waals surface area contributed by atoms with Crippen molar-refractivity contribution >= 4 is 35.6 Å². The zero-order valence-electron chi connectivity index (χ0n) is 21.2. The Morgan fingerprint density at radius 3 is 1.76 bits per heavy atom. The maximum atomic E-state index is 13.0. The molecule has 5 nitrogen and oxygen atoms in total. The first-order chi connectivity index (χ1) is 15.3. The van der Waals surface area contributed by atoms with Crippen molar-refractivity contribution in [2.75, 3.05) is 7.11 Å². The normalized spacial score (nSPS) is 15.5. The highest BCUT2D eigenvalue weighted by Crippen LogP contribution is 2.38. The Balaban J connectivity index is 2.59. The van der Waals surface area contributed by atoms with Crippen LogP contribution in [0, 0.1) is 0 Å². The molecule has 0 aliphatic heterocycles. The number of nitrogens with one attached hydrogen (secondary N) is 1. The van der Waals surface area contributed by atoms with Gasteiger partial charge in [-0.05, 0) is 43.1 Å². The lowest BCUT2D eigenvalue weighted by Crippen LogP contribution is -2.68. The average molecular weight is 490 g/mol. The van der Waals surface area contributed by atoms with E-state index in [-0.39, 0.29) is 17.4 Å². The number of methoxy groups -OCH3 is 1. The number of hydrogen-bond acceptors (Lipinski definition) is 4. The first kappa shape index (κ1) is 27.4. The van der Waals surface area contributed by atoms with Gasteiger partial charge in [0.2, 0.25) is 0 Å². The summed E-state index contributed by atoms with van der Waals surface area (Å²) in [5.74, 6) is -0.365. The first-order valence-corrected chi connectivity index (χ1v) is 14.4. The van der Waals surface area contributed by atoms with Gasteiger partial charge < -0.3 is 9.16 Å². The lowest BCUT2D eigenvalue weighted by molar-refractivity contribution is -0.141. The van der Waals surface area contributed by atoms with Crippen LogP contribution in [0.3, 0.4) is 0 Å². The van der Waals surface area contributed by atoms with Crippen LogP contribution in [0.15, 0.2) is 60.7 Å². The second kappa shape index (κ2) is 11.1. The molecule has 1 N–H and O–H groups in total. The molecule has 3 atom stereocenters. The molecule has 2 aromatic rings. The van der Waals surface area contributed by atoms with Crippen LogP contribution < -0.4 is 15.1 Å². The number of benzene rings is 2. The van der Waals surface area contributed by atoms with Crippen molar-refractivity contribution in [2.45, 2.75) is 76.8 Å². The summed E-state index contributed by atoms with van der Waals surface area (Å²) in [5.41, 5.74) is 0. The Hall–Kier alpha value is -1.80. The molecule has 0 saturated carbocycles. The van der Waals surface area contributed by atoms with Crippen LogP contribution in [0.4, 0.5) is 0 Å². The van der Waals surface area contributed by atoms with Crippen molar-refractivity contribution in [1.82, 2.24) is 4.72 Å². The summed E-state index contributed by atoms with van der Waals surface area (Å²) in [4.78, 5) is 12.3. The highest BCUT2D eigenvalue weighted by Gasteiger charge is 2.51. The Kier molecular flexibility index (Phi) is 9.21. The van der Waals surface area contributed by atoms with E-state index in [4.69, 9.17) is 9.16 Å². The predicted molar refractivity (Wildman–Crippen MR) is 140 cm³/mol. The lowest BCUT2D eigenvalue weighted by Gasteiger charge is -2.46. The molecular formula is C26H39NO4SSi. The molecule has 7 heteroatoms. The molecule has 0 radical (unpaired) electrons. The summed E-state index contributed by atoms with van der Waals surface area (Å²) >= 11 is 0. The molecule has 2 rings (SSSR count). The molecule has 0 spiro atoms. The first-order valence-electron chi connectivity index (χ1n) is 11.4. The fourth-order valence-corrected chi connectivity index (χ4v) is 9.57. The van der Waals surface area contributed by atoms with Crippen LogP contribution in [0.25, 0.3) is 0 Å². The second-order valence-corrected chi connectivity index (χ2v) is 16.6. The van der Waals surface area contributed by atoms with E-state index in [0.29, 0.717) is 0 Å². The molecule has 0 fully saturated rings. The fourth-order valence-electron chi connectivity index (χ4n) is 3.93. The SMILES string of the molecule is COC(=O)C[C@H](N[S@@](=O)C(C)(C)C)[C@H](C)O[Si](c1ccccc1)(c1ccccc1)C(C)(C)C. The van der Waals surface area contributed by atoms with Gasteiger partial charge in [-0.15, -0.1) is 0 Å². The molecule has 33 heavy (non-hydrogen) atoms. The lowest BCUT2D eigenvalue weighted by atomic mass is 10.1. The number of rotatable bonds is 9. The molecule has 0 aliphatic rings. The van der Waals surface area contributed by atoms with Gasteiger partial charge in [0.25, 0.3) is 8.32 Å². The van der Waals surface area contributed by atoms with Gasteiger partial charge in [-0.25, -0.2) is 8.93 Å². The van der Waals surface area contributed by atoms with Gasteiger partial charge in [-0.2, -0.15) is 0 Å².